The Morgan fingerprint density at radius 3 is 3.00 bits per heavy atom. The molecule has 1 aromatic rings. The standard InChI is InChI=1S/C13H22N2OS/c1-15(10-12-4-9-17-11-12)6-5-14-13-2-7-16-8-3-13/h4,9,11,13-14H,2-3,5-8,10H2,1H3. The summed E-state index contributed by atoms with van der Waals surface area (Å²) in [6.07, 6.45) is 2.32. The molecule has 0 aliphatic carbocycles. The molecule has 2 heterocycles. The van der Waals surface area contributed by atoms with Crippen LogP contribution in [0.1, 0.15) is 18.4 Å². The minimum Gasteiger partial charge on any atom is -0.381 e. The SMILES string of the molecule is CN(CCNC1CCOCC1)Cc1ccsc1. The zero-order chi connectivity index (χ0) is 11.9. The van der Waals surface area contributed by atoms with Crippen molar-refractivity contribution in [2.45, 2.75) is 25.4 Å². The van der Waals surface area contributed by atoms with E-state index in [4.69, 9.17) is 4.74 Å². The van der Waals surface area contributed by atoms with Gasteiger partial charge in [-0.15, -0.1) is 0 Å². The lowest BCUT2D eigenvalue weighted by Crippen LogP contribution is -2.38. The summed E-state index contributed by atoms with van der Waals surface area (Å²) in [6.45, 7) is 5.07. The minimum absolute atomic E-state index is 0.665. The highest BCUT2D eigenvalue weighted by molar-refractivity contribution is 7.07. The summed E-state index contributed by atoms with van der Waals surface area (Å²) in [5.74, 6) is 0. The number of hydrogen-bond acceptors (Lipinski definition) is 4. The van der Waals surface area contributed by atoms with Gasteiger partial charge in [0.25, 0.3) is 0 Å². The van der Waals surface area contributed by atoms with E-state index in [2.05, 4.69) is 34.1 Å². The number of likely N-dealkylation sites (N-methyl/N-ethyl adjacent to an activating group) is 1. The van der Waals surface area contributed by atoms with Gasteiger partial charge in [-0.25, -0.2) is 0 Å². The fraction of sp³-hybridized carbons (Fsp3) is 0.692. The van der Waals surface area contributed by atoms with Gasteiger partial charge in [-0.2, -0.15) is 11.3 Å². The highest BCUT2D eigenvalue weighted by Gasteiger charge is 2.12. The van der Waals surface area contributed by atoms with Crippen LogP contribution in [0, 0.1) is 0 Å². The fourth-order valence-corrected chi connectivity index (χ4v) is 2.79. The van der Waals surface area contributed by atoms with E-state index < -0.39 is 0 Å². The van der Waals surface area contributed by atoms with Crippen LogP contribution in [-0.2, 0) is 11.3 Å². The predicted octanol–water partition coefficient (Wildman–Crippen LogP) is 1.95. The van der Waals surface area contributed by atoms with Crippen LogP contribution in [0.5, 0.6) is 0 Å². The molecule has 0 atom stereocenters. The van der Waals surface area contributed by atoms with Gasteiger partial charge in [0.05, 0.1) is 0 Å². The van der Waals surface area contributed by atoms with Crippen LogP contribution in [0.25, 0.3) is 0 Å². The molecular formula is C13H22N2OS. The molecule has 0 radical (unpaired) electrons. The van der Waals surface area contributed by atoms with Crippen molar-refractivity contribution in [3.8, 4) is 0 Å². The quantitative estimate of drug-likeness (QED) is 0.840. The molecule has 17 heavy (non-hydrogen) atoms. The van der Waals surface area contributed by atoms with Gasteiger partial charge in [-0.1, -0.05) is 0 Å². The topological polar surface area (TPSA) is 24.5 Å². The van der Waals surface area contributed by atoms with Crippen molar-refractivity contribution in [3.63, 3.8) is 0 Å². The first-order valence-corrected chi connectivity index (χ1v) is 7.29. The van der Waals surface area contributed by atoms with E-state index in [-0.39, 0.29) is 0 Å². The zero-order valence-electron chi connectivity index (χ0n) is 10.5. The first kappa shape index (κ1) is 13.0. The van der Waals surface area contributed by atoms with E-state index >= 15 is 0 Å². The third kappa shape index (κ3) is 4.76. The number of ether oxygens (including phenoxy) is 1. The van der Waals surface area contributed by atoms with Gasteiger partial charge in [-0.05, 0) is 42.3 Å². The molecule has 1 aromatic heterocycles. The summed E-state index contributed by atoms with van der Waals surface area (Å²) in [5.41, 5.74) is 1.42. The molecular weight excluding hydrogens is 232 g/mol. The Bertz CT molecular complexity index is 296. The maximum Gasteiger partial charge on any atom is 0.0480 e. The molecule has 3 nitrogen and oxygen atoms in total. The molecule has 0 amide bonds. The second-order valence-corrected chi connectivity index (χ2v) is 5.49. The van der Waals surface area contributed by atoms with E-state index in [1.54, 1.807) is 11.3 Å². The Balaban J connectivity index is 1.58. The molecule has 4 heteroatoms. The summed E-state index contributed by atoms with van der Waals surface area (Å²) < 4.78 is 5.35. The van der Waals surface area contributed by atoms with Crippen LogP contribution in [-0.4, -0.2) is 44.3 Å². The second kappa shape index (κ2) is 7.11. The normalized spacial score (nSPS) is 17.8. The van der Waals surface area contributed by atoms with Crippen LogP contribution in [0.3, 0.4) is 0 Å². The van der Waals surface area contributed by atoms with Crippen LogP contribution in [0.2, 0.25) is 0 Å². The van der Waals surface area contributed by atoms with Crippen LogP contribution >= 0.6 is 11.3 Å². The van der Waals surface area contributed by atoms with Gasteiger partial charge in [0.1, 0.15) is 0 Å². The highest BCUT2D eigenvalue weighted by Crippen LogP contribution is 2.08. The smallest absolute Gasteiger partial charge is 0.0480 e. The second-order valence-electron chi connectivity index (χ2n) is 4.71. The number of hydrogen-bond donors (Lipinski definition) is 1. The first-order chi connectivity index (χ1) is 8.34. The Labute approximate surface area is 108 Å². The zero-order valence-corrected chi connectivity index (χ0v) is 11.3. The third-order valence-electron chi connectivity index (χ3n) is 3.18. The molecule has 96 valence electrons. The molecule has 0 bridgehead atoms. The van der Waals surface area contributed by atoms with Crippen molar-refractivity contribution in [1.82, 2.24) is 10.2 Å². The number of nitrogens with one attached hydrogen (secondary N) is 1. The van der Waals surface area contributed by atoms with E-state index in [9.17, 15) is 0 Å². The van der Waals surface area contributed by atoms with Crippen molar-refractivity contribution in [2.24, 2.45) is 0 Å². The lowest BCUT2D eigenvalue weighted by Gasteiger charge is -2.24. The maximum absolute atomic E-state index is 5.35. The number of thiophene rings is 1. The van der Waals surface area contributed by atoms with Crippen LogP contribution in [0.4, 0.5) is 0 Å². The average molecular weight is 254 g/mol. The van der Waals surface area contributed by atoms with Crippen molar-refractivity contribution >= 4 is 11.3 Å². The summed E-state index contributed by atoms with van der Waals surface area (Å²) in [6, 6.07) is 2.87. The van der Waals surface area contributed by atoms with Crippen LogP contribution < -0.4 is 5.32 Å². The summed E-state index contributed by atoms with van der Waals surface area (Å²) >= 11 is 1.77. The maximum atomic E-state index is 5.35. The van der Waals surface area contributed by atoms with Gasteiger partial charge in [0.15, 0.2) is 0 Å². The largest absolute Gasteiger partial charge is 0.381 e. The van der Waals surface area contributed by atoms with Gasteiger partial charge < -0.3 is 15.0 Å². The van der Waals surface area contributed by atoms with Crippen molar-refractivity contribution in [1.29, 1.82) is 0 Å². The lowest BCUT2D eigenvalue weighted by molar-refractivity contribution is 0.0774. The number of nitrogens with zero attached hydrogens (tertiary/aromatic N) is 1. The lowest BCUT2D eigenvalue weighted by atomic mass is 10.1. The molecule has 0 saturated carbocycles. The summed E-state index contributed by atoms with van der Waals surface area (Å²) in [5, 5.41) is 7.98. The van der Waals surface area contributed by atoms with Crippen molar-refractivity contribution < 1.29 is 4.74 Å². The fourth-order valence-electron chi connectivity index (χ4n) is 2.13. The third-order valence-corrected chi connectivity index (χ3v) is 3.91. The Kier molecular flexibility index (Phi) is 5.45. The van der Waals surface area contributed by atoms with Crippen LogP contribution in [0.15, 0.2) is 16.8 Å². The van der Waals surface area contributed by atoms with Gasteiger partial charge >= 0.3 is 0 Å². The molecule has 0 unspecified atom stereocenters. The Hall–Kier alpha value is -0.420. The molecule has 1 saturated heterocycles. The van der Waals surface area contributed by atoms with Crippen molar-refractivity contribution in [2.75, 3.05) is 33.4 Å². The van der Waals surface area contributed by atoms with Gasteiger partial charge in [-0.3, -0.25) is 0 Å². The minimum atomic E-state index is 0.665. The highest BCUT2D eigenvalue weighted by atomic mass is 32.1. The Morgan fingerprint density at radius 1 is 1.47 bits per heavy atom. The molecule has 0 aromatic carbocycles. The molecule has 1 fully saturated rings. The average Bonchev–Trinajstić information content (AvgIpc) is 2.83. The summed E-state index contributed by atoms with van der Waals surface area (Å²) in [4.78, 5) is 2.37. The van der Waals surface area contributed by atoms with E-state index in [0.717, 1.165) is 45.7 Å². The van der Waals surface area contributed by atoms with E-state index in [1.165, 1.54) is 5.56 Å². The summed E-state index contributed by atoms with van der Waals surface area (Å²) in [7, 11) is 2.18. The first-order valence-electron chi connectivity index (χ1n) is 6.35. The molecule has 2 rings (SSSR count). The van der Waals surface area contributed by atoms with E-state index in [0.29, 0.717) is 6.04 Å². The predicted molar refractivity (Wildman–Crippen MR) is 72.5 cm³/mol. The van der Waals surface area contributed by atoms with Gasteiger partial charge in [0, 0.05) is 38.9 Å². The molecule has 0 spiro atoms. The molecule has 1 aliphatic heterocycles. The molecule has 1 aliphatic rings. The van der Waals surface area contributed by atoms with E-state index in [1.807, 2.05) is 0 Å². The van der Waals surface area contributed by atoms with Gasteiger partial charge in [0.2, 0.25) is 0 Å². The van der Waals surface area contributed by atoms with Crippen molar-refractivity contribution in [3.05, 3.63) is 22.4 Å². The molecule has 1 N–H and O–H groups in total. The Morgan fingerprint density at radius 2 is 2.29 bits per heavy atom. The monoisotopic (exact) mass is 254 g/mol. The number of rotatable bonds is 6.